The van der Waals surface area contributed by atoms with Crippen LogP contribution >= 0.6 is 22.9 Å². The number of halogens is 3. The molecule has 13 heteroatoms. The summed E-state index contributed by atoms with van der Waals surface area (Å²) in [5.41, 5.74) is 2.27. The molecule has 1 fully saturated rings. The molecule has 1 saturated heterocycles. The smallest absolute Gasteiger partial charge is 0.295 e. The number of ether oxygens (including phenoxy) is 1. The van der Waals surface area contributed by atoms with Gasteiger partial charge in [-0.2, -0.15) is 0 Å². The number of imidazole rings is 1. The molecule has 1 N–H and O–H groups in total. The number of thiazole rings is 1. The molecule has 3 aromatic heterocycles. The molecule has 4 heterocycles. The molecule has 1 unspecified atom stereocenters. The number of nitrogens with one attached hydrogen (secondary N) is 1. The van der Waals surface area contributed by atoms with Crippen molar-refractivity contribution in [1.82, 2.24) is 19.5 Å². The van der Waals surface area contributed by atoms with Gasteiger partial charge in [-0.05, 0) is 44.4 Å². The maximum Gasteiger partial charge on any atom is 0.295 e. The molecule has 0 radical (unpaired) electrons. The molecule has 0 spiro atoms. The molecule has 1 aromatic carbocycles. The lowest BCUT2D eigenvalue weighted by molar-refractivity contribution is -0.0363. The Balaban J connectivity index is 1.64. The quantitative estimate of drug-likeness (QED) is 0.280. The molecule has 4 aromatic rings. The maximum absolute atomic E-state index is 14.0. The van der Waals surface area contributed by atoms with Gasteiger partial charge in [0.25, 0.3) is 6.43 Å². The van der Waals surface area contributed by atoms with Crippen molar-refractivity contribution >= 4 is 55.3 Å². The van der Waals surface area contributed by atoms with Crippen LogP contribution in [0.3, 0.4) is 0 Å². The molecule has 0 bridgehead atoms. The van der Waals surface area contributed by atoms with Crippen molar-refractivity contribution in [3.8, 4) is 10.6 Å². The highest BCUT2D eigenvalue weighted by molar-refractivity contribution is 7.90. The van der Waals surface area contributed by atoms with E-state index in [-0.39, 0.29) is 32.6 Å². The molecule has 0 amide bonds. The normalized spacial score (nSPS) is 16.7. The van der Waals surface area contributed by atoms with Gasteiger partial charge in [-0.15, -0.1) is 11.3 Å². The third-order valence-electron chi connectivity index (χ3n) is 5.80. The number of rotatable bonds is 6. The summed E-state index contributed by atoms with van der Waals surface area (Å²) in [6.07, 6.45) is -0.203. The largest absolute Gasteiger partial charge is 0.358 e. The Morgan fingerprint density at radius 2 is 2.00 bits per heavy atom. The minimum Gasteiger partial charge on any atom is -0.358 e. The van der Waals surface area contributed by atoms with E-state index in [0.717, 1.165) is 24.8 Å². The van der Waals surface area contributed by atoms with E-state index in [0.29, 0.717) is 23.6 Å². The fourth-order valence-electron chi connectivity index (χ4n) is 4.21. The van der Waals surface area contributed by atoms with Gasteiger partial charge in [0.15, 0.2) is 21.3 Å². The molecular weight excluding hydrogens is 532 g/mol. The molecule has 1 atom stereocenters. The monoisotopic (exact) mass is 553 g/mol. The number of alkyl halides is 2. The molecule has 36 heavy (non-hydrogen) atoms. The van der Waals surface area contributed by atoms with E-state index >= 15 is 0 Å². The van der Waals surface area contributed by atoms with Crippen molar-refractivity contribution in [1.29, 1.82) is 0 Å². The fourth-order valence-corrected chi connectivity index (χ4v) is 6.05. The number of aryl methyl sites for hydroxylation is 1. The van der Waals surface area contributed by atoms with E-state index in [1.807, 2.05) is 12.3 Å². The first-order valence-electron chi connectivity index (χ1n) is 11.1. The van der Waals surface area contributed by atoms with Crippen LogP contribution in [0.15, 0.2) is 34.5 Å². The summed E-state index contributed by atoms with van der Waals surface area (Å²) in [6, 6.07) is 6.32. The Morgan fingerprint density at radius 1 is 1.19 bits per heavy atom. The topological polar surface area (TPSA) is 99.0 Å². The molecule has 8 nitrogen and oxygen atoms in total. The van der Waals surface area contributed by atoms with E-state index < -0.39 is 28.3 Å². The van der Waals surface area contributed by atoms with Crippen LogP contribution in [0, 0.1) is 6.92 Å². The summed E-state index contributed by atoms with van der Waals surface area (Å²) in [7, 11) is -3.67. The average molecular weight is 554 g/mol. The van der Waals surface area contributed by atoms with Crippen molar-refractivity contribution in [2.45, 2.75) is 43.7 Å². The number of benzene rings is 1. The molecule has 0 saturated carbocycles. The van der Waals surface area contributed by atoms with E-state index in [4.69, 9.17) is 16.3 Å². The lowest BCUT2D eigenvalue weighted by atomic mass is 10.2. The van der Waals surface area contributed by atoms with Gasteiger partial charge in [0.1, 0.15) is 21.9 Å². The summed E-state index contributed by atoms with van der Waals surface area (Å²) < 4.78 is 60.4. The van der Waals surface area contributed by atoms with Gasteiger partial charge < -0.3 is 10.1 Å². The minimum absolute atomic E-state index is 0.0260. The third kappa shape index (κ3) is 4.82. The second-order valence-corrected chi connectivity index (χ2v) is 11.8. The first-order chi connectivity index (χ1) is 17.1. The Morgan fingerprint density at radius 3 is 2.64 bits per heavy atom. The van der Waals surface area contributed by atoms with Gasteiger partial charge in [-0.25, -0.2) is 32.2 Å². The lowest BCUT2D eigenvalue weighted by Gasteiger charge is -2.25. The predicted octanol–water partition coefficient (Wildman–Crippen LogP) is 6.30. The summed E-state index contributed by atoms with van der Waals surface area (Å²) >= 11 is 7.69. The molecular formula is C23H22ClF2N5O3S2. The van der Waals surface area contributed by atoms with Crippen LogP contribution in [-0.4, -0.2) is 40.8 Å². The Kier molecular flexibility index (Phi) is 6.70. The van der Waals surface area contributed by atoms with Crippen LogP contribution in [0.5, 0.6) is 0 Å². The first kappa shape index (κ1) is 25.0. The van der Waals surface area contributed by atoms with Gasteiger partial charge in [0.05, 0.1) is 16.3 Å². The van der Waals surface area contributed by atoms with Crippen molar-refractivity contribution in [3.05, 3.63) is 46.3 Å². The highest BCUT2D eigenvalue weighted by Crippen LogP contribution is 2.38. The number of hydrogen-bond acceptors (Lipinski definition) is 8. The Hall–Kier alpha value is -2.67. The molecule has 190 valence electrons. The van der Waals surface area contributed by atoms with Crippen LogP contribution in [-0.2, 0) is 14.6 Å². The maximum atomic E-state index is 14.0. The van der Waals surface area contributed by atoms with Gasteiger partial charge in [-0.3, -0.25) is 4.57 Å². The summed E-state index contributed by atoms with van der Waals surface area (Å²) in [4.78, 5) is 12.9. The van der Waals surface area contributed by atoms with E-state index in [9.17, 15) is 17.2 Å². The number of aromatic nitrogens is 4. The van der Waals surface area contributed by atoms with Gasteiger partial charge >= 0.3 is 0 Å². The van der Waals surface area contributed by atoms with Crippen LogP contribution in [0.25, 0.3) is 21.7 Å². The zero-order valence-corrected chi connectivity index (χ0v) is 21.7. The van der Waals surface area contributed by atoms with E-state index in [1.54, 1.807) is 12.1 Å². The van der Waals surface area contributed by atoms with Crippen molar-refractivity contribution < 1.29 is 21.9 Å². The predicted molar refractivity (Wildman–Crippen MR) is 135 cm³/mol. The van der Waals surface area contributed by atoms with Crippen LogP contribution < -0.4 is 5.32 Å². The SMILES string of the molecule is Cc1csc(-c2ccc(Nc3cc(Cl)nc4c3nc(C(F)F)n4C3CCCCO3)c(S(C)(=O)=O)c2)n1. The van der Waals surface area contributed by atoms with Crippen LogP contribution in [0.2, 0.25) is 5.15 Å². The van der Waals surface area contributed by atoms with Crippen LogP contribution in [0.1, 0.15) is 43.4 Å². The minimum atomic E-state index is -3.67. The number of pyridine rings is 1. The second-order valence-electron chi connectivity index (χ2n) is 8.53. The van der Waals surface area contributed by atoms with E-state index in [1.165, 1.54) is 28.0 Å². The zero-order valence-electron chi connectivity index (χ0n) is 19.3. The van der Waals surface area contributed by atoms with Crippen molar-refractivity contribution in [2.24, 2.45) is 0 Å². The number of anilines is 2. The van der Waals surface area contributed by atoms with Gasteiger partial charge in [0, 0.05) is 35.6 Å². The lowest BCUT2D eigenvalue weighted by Crippen LogP contribution is -2.20. The van der Waals surface area contributed by atoms with Gasteiger partial charge in [-0.1, -0.05) is 11.6 Å². The highest BCUT2D eigenvalue weighted by atomic mass is 35.5. The van der Waals surface area contributed by atoms with Crippen molar-refractivity contribution in [3.63, 3.8) is 0 Å². The average Bonchev–Trinajstić information content (AvgIpc) is 3.43. The Labute approximate surface area is 215 Å². The molecule has 1 aliphatic rings. The Bertz CT molecular complexity index is 1550. The van der Waals surface area contributed by atoms with Crippen LogP contribution in [0.4, 0.5) is 20.2 Å². The number of fused-ring (bicyclic) bond motifs is 1. The van der Waals surface area contributed by atoms with Crippen molar-refractivity contribution in [2.75, 3.05) is 18.2 Å². The summed E-state index contributed by atoms with van der Waals surface area (Å²) in [5.74, 6) is -0.479. The first-order valence-corrected chi connectivity index (χ1v) is 14.3. The molecule has 1 aliphatic heterocycles. The van der Waals surface area contributed by atoms with Gasteiger partial charge in [0.2, 0.25) is 0 Å². The zero-order chi connectivity index (χ0) is 25.6. The number of nitrogens with zero attached hydrogens (tertiary/aromatic N) is 4. The fraction of sp³-hybridized carbons (Fsp3) is 0.348. The summed E-state index contributed by atoms with van der Waals surface area (Å²) in [5, 5.41) is 5.65. The summed E-state index contributed by atoms with van der Waals surface area (Å²) in [6.45, 7) is 2.30. The molecule has 5 rings (SSSR count). The number of sulfone groups is 1. The standard InChI is InChI=1S/C23H22ClF2N5O3S2/c1-12-11-35-23(27-12)13-6-7-14(16(9-13)36(2,32)33)28-15-10-17(24)29-21-19(15)30-22(20(25)26)31(21)18-5-3-4-8-34-18/h6-7,9-11,18,20H,3-5,8H2,1-2H3,(H,28,29). The second kappa shape index (κ2) is 9.66. The molecule has 0 aliphatic carbocycles. The van der Waals surface area contributed by atoms with E-state index in [2.05, 4.69) is 20.3 Å². The third-order valence-corrected chi connectivity index (χ3v) is 8.14. The number of hydrogen-bond donors (Lipinski definition) is 1. The highest BCUT2D eigenvalue weighted by Gasteiger charge is 2.29.